The molecule has 10 rings (SSSR count). The number of ketones is 5. The minimum Gasteiger partial charge on any atom is -0.501 e. The number of hydrogen-bond acceptors (Lipinski definition) is 32. The molecule has 5 aliphatic rings. The summed E-state index contributed by atoms with van der Waals surface area (Å²) in [6.07, 6.45) is 2.43. The van der Waals surface area contributed by atoms with Gasteiger partial charge in [-0.05, 0) is 68.8 Å². The van der Waals surface area contributed by atoms with Crippen LogP contribution in [0.25, 0.3) is 0 Å². The van der Waals surface area contributed by atoms with Crippen LogP contribution in [0.2, 0.25) is 0 Å². The number of aliphatic hydroxyl groups excluding tert-OH is 1. The third kappa shape index (κ3) is 20.4. The molecular weight excluding hydrogens is 1410 g/mol. The predicted molar refractivity (Wildman–Crippen MR) is 387 cm³/mol. The number of Topliss-reactive ketones (excluding diaryl/α,β-unsaturated/α-hetero) is 5. The smallest absolute Gasteiger partial charge is 0.411 e. The molecule has 0 saturated heterocycles. The number of thioether (sulfide) groups is 1. The highest BCUT2D eigenvalue weighted by atomic mass is 32.2. The molecule has 0 aromatic carbocycles. The van der Waals surface area contributed by atoms with Crippen LogP contribution in [0.5, 0.6) is 28.7 Å². The number of likely N-dealkylation sites (N-methyl/N-ethyl adjacent to an activating group) is 5. The van der Waals surface area contributed by atoms with E-state index in [0.29, 0.717) is 89.5 Å². The lowest BCUT2D eigenvalue weighted by Crippen LogP contribution is -2.49. The van der Waals surface area contributed by atoms with Crippen LogP contribution >= 0.6 is 11.8 Å². The van der Waals surface area contributed by atoms with Gasteiger partial charge in [-0.3, -0.25) is 90.4 Å². The summed E-state index contributed by atoms with van der Waals surface area (Å²) in [6, 6.07) is -1.80. The largest absolute Gasteiger partial charge is 0.501 e. The van der Waals surface area contributed by atoms with Gasteiger partial charge in [-0.15, -0.1) is 0 Å². The van der Waals surface area contributed by atoms with Crippen LogP contribution in [0.15, 0.2) is 24.0 Å². The summed E-state index contributed by atoms with van der Waals surface area (Å²) in [5.74, 6) is -2.97. The number of fused-ring (bicyclic) bond motifs is 5. The SMILES string of the molecule is CC.CC(=O)c1nc2n(c(=O)c1O)CCN(C(=O)OC(C)(C)C)C2CO.CC(=O)c1nc2n(c(=O)c1O)CCN(C)C2CN(C)C.CCN1CCn2c(nc(C(C)=O)c(O)c2=O)C1CS(C)(=O)=O.CNCC1c2nc(C(C)=O)c(O)c(=O)n2CCN1C.CSCC1NCCn2c1nc(C(C)=O)c(O)c2=O. The third-order valence-electron chi connectivity index (χ3n) is 17.1. The maximum Gasteiger partial charge on any atom is 0.411 e. The Morgan fingerprint density at radius 1 is 0.562 bits per heavy atom. The Hall–Kier alpha value is -8.96. The van der Waals surface area contributed by atoms with Crippen molar-refractivity contribution in [3.63, 3.8) is 0 Å². The van der Waals surface area contributed by atoms with Crippen LogP contribution < -0.4 is 38.4 Å². The Morgan fingerprint density at radius 3 is 1.25 bits per heavy atom. The average Bonchev–Trinajstić information content (AvgIpc) is 0.811. The number of hydrogen-bond donors (Lipinski definition) is 8. The van der Waals surface area contributed by atoms with Crippen molar-refractivity contribution in [2.24, 2.45) is 0 Å². The van der Waals surface area contributed by atoms with Crippen molar-refractivity contribution in [1.29, 1.82) is 0 Å². The average molecular weight is 1510 g/mol. The van der Waals surface area contributed by atoms with E-state index < -0.39 is 126 Å². The van der Waals surface area contributed by atoms with E-state index in [0.717, 1.165) is 16.6 Å². The maximum absolute atomic E-state index is 12.3. The zero-order chi connectivity index (χ0) is 79.3. The number of aliphatic hydroxyl groups is 1. The van der Waals surface area contributed by atoms with Crippen LogP contribution in [0, 0.1) is 0 Å². The standard InChI is InChI=1S/C15H21N3O6.C13H20N4O3.C13H19N3O5S.C12H18N4O3.C11H15N3O3S.C2H6/c1-8(20)10-11(21)13(22)18-6-5-17(9(7-19)12(18)16-10)14(23)24-15(2,3)4;1-8(18)10-11(19)13(20)17-6-5-16(4)9(7-15(2)3)12(17)14-10;1-4-15-5-6-16-12(9(15)7-22(3,20)21)14-10(8(2)17)11(18)13(16)19;1-7(17)9-10(18)12(19)16-5-4-15(3)8(6-13-2)11(16)14-9;1-6(15)8-9(16)11(17)14-4-3-12-7(5-18-2)10(14)13-8;1-2/h9,19,21H,5-7H2,1-4H3;9,19H,5-7H2,1-4H3;9,18H,4-7H2,1-3H3;8,13,18H,4-6H2,1-3H3;7,12,16H,3-5H2,1-2H3;1-2H3. The molecule has 0 spiro atoms. The molecule has 5 unspecified atom stereocenters. The topological polar surface area (TPSA) is 482 Å². The van der Waals surface area contributed by atoms with E-state index >= 15 is 0 Å². The zero-order valence-corrected chi connectivity index (χ0v) is 64.3. The first kappa shape index (κ1) is 86.7. The fourth-order valence-electron chi connectivity index (χ4n) is 12.0. The molecule has 5 aromatic rings. The second kappa shape index (κ2) is 36.8. The molecule has 5 atom stereocenters. The van der Waals surface area contributed by atoms with Gasteiger partial charge in [0.2, 0.25) is 28.7 Å². The third-order valence-corrected chi connectivity index (χ3v) is 18.7. The molecule has 580 valence electrons. The molecule has 0 aliphatic carbocycles. The first-order valence-corrected chi connectivity index (χ1v) is 37.2. The molecule has 8 N–H and O–H groups in total. The highest BCUT2D eigenvalue weighted by Crippen LogP contribution is 2.30. The van der Waals surface area contributed by atoms with Crippen molar-refractivity contribution >= 4 is 56.6 Å². The number of nitrogens with zero attached hydrogens (tertiary/aromatic N) is 15. The molecular formula is C66H99N17O20S2. The number of aromatic nitrogens is 10. The molecule has 105 heavy (non-hydrogen) atoms. The van der Waals surface area contributed by atoms with E-state index in [1.165, 1.54) is 57.8 Å². The van der Waals surface area contributed by atoms with Crippen molar-refractivity contribution in [2.45, 2.75) is 145 Å². The van der Waals surface area contributed by atoms with Crippen molar-refractivity contribution < 1.29 is 72.6 Å². The number of carbonyl (C=O) groups is 6. The second-order valence-corrected chi connectivity index (χ2v) is 29.4. The Morgan fingerprint density at radius 2 is 0.905 bits per heavy atom. The highest BCUT2D eigenvalue weighted by Gasteiger charge is 2.39. The zero-order valence-electron chi connectivity index (χ0n) is 62.6. The van der Waals surface area contributed by atoms with Gasteiger partial charge in [0.25, 0.3) is 27.8 Å². The highest BCUT2D eigenvalue weighted by molar-refractivity contribution is 7.98. The lowest BCUT2D eigenvalue weighted by Gasteiger charge is -2.36. The minimum absolute atomic E-state index is 0.0441. The van der Waals surface area contributed by atoms with Gasteiger partial charge in [-0.25, -0.2) is 38.1 Å². The molecule has 5 aromatic heterocycles. The monoisotopic (exact) mass is 1510 g/mol. The molecule has 37 nitrogen and oxygen atoms in total. The van der Waals surface area contributed by atoms with E-state index in [1.807, 2.05) is 72.1 Å². The van der Waals surface area contributed by atoms with Gasteiger partial charge in [-0.1, -0.05) is 20.8 Å². The number of nitrogens with one attached hydrogen (secondary N) is 2. The Balaban J connectivity index is 0.000000235. The summed E-state index contributed by atoms with van der Waals surface area (Å²) >= 11 is 1.63. The van der Waals surface area contributed by atoms with Gasteiger partial charge in [0.1, 0.15) is 50.6 Å². The Bertz CT molecular complexity index is 4510. The van der Waals surface area contributed by atoms with Crippen molar-refractivity contribution in [3.05, 3.63) is 109 Å². The summed E-state index contributed by atoms with van der Waals surface area (Å²) in [5, 5.41) is 64.9. The molecule has 0 fully saturated rings. The lowest BCUT2D eigenvalue weighted by atomic mass is 10.1. The minimum atomic E-state index is -3.31. The number of sulfone groups is 1. The van der Waals surface area contributed by atoms with E-state index in [9.17, 15) is 91.8 Å². The molecule has 10 heterocycles. The first-order valence-electron chi connectivity index (χ1n) is 33.7. The Kier molecular flexibility index (Phi) is 30.4. The van der Waals surface area contributed by atoms with Crippen LogP contribution in [-0.4, -0.2) is 270 Å². The number of carbonyl (C=O) groups excluding carboxylic acids is 6. The first-order chi connectivity index (χ1) is 49.1. The van der Waals surface area contributed by atoms with Crippen LogP contribution in [0.1, 0.15) is 188 Å². The molecule has 1 amide bonds. The van der Waals surface area contributed by atoms with Crippen molar-refractivity contribution in [1.82, 2.24) is 82.9 Å². The summed E-state index contributed by atoms with van der Waals surface area (Å²) < 4.78 is 35.4. The fourth-order valence-corrected chi connectivity index (χ4v) is 13.5. The van der Waals surface area contributed by atoms with E-state index in [-0.39, 0.29) is 77.1 Å². The predicted octanol–water partition coefficient (Wildman–Crippen LogP) is 0.250. The molecule has 0 bridgehead atoms. The summed E-state index contributed by atoms with van der Waals surface area (Å²) in [5.41, 5.74) is -4.91. The van der Waals surface area contributed by atoms with Crippen LogP contribution in [0.3, 0.4) is 0 Å². The van der Waals surface area contributed by atoms with Crippen molar-refractivity contribution in [2.75, 3.05) is 118 Å². The molecule has 0 radical (unpaired) electrons. The fraction of sp³-hybridized carbons (Fsp3) is 0.606. The summed E-state index contributed by atoms with van der Waals surface area (Å²) in [7, 11) is 6.29. The van der Waals surface area contributed by atoms with Gasteiger partial charge in [0.05, 0.1) is 36.5 Å². The van der Waals surface area contributed by atoms with Gasteiger partial charge in [0, 0.05) is 125 Å². The lowest BCUT2D eigenvalue weighted by molar-refractivity contribution is 0.00101. The van der Waals surface area contributed by atoms with E-state index in [4.69, 9.17) is 4.74 Å². The molecule has 0 saturated carbocycles. The van der Waals surface area contributed by atoms with Gasteiger partial charge >= 0.3 is 6.09 Å². The number of amides is 1. The normalized spacial score (nSPS) is 18.3. The number of ether oxygens (including phenoxy) is 1. The summed E-state index contributed by atoms with van der Waals surface area (Å²) in [4.78, 5) is 160. The van der Waals surface area contributed by atoms with E-state index in [1.54, 1.807) is 32.5 Å². The van der Waals surface area contributed by atoms with Gasteiger partial charge in [0.15, 0.2) is 57.4 Å². The van der Waals surface area contributed by atoms with E-state index in [2.05, 4.69) is 45.4 Å². The Labute approximate surface area is 610 Å². The quantitative estimate of drug-likeness (QED) is 0.0651. The number of aromatic hydroxyl groups is 5. The van der Waals surface area contributed by atoms with Gasteiger partial charge < -0.3 is 50.9 Å². The molecule has 5 aliphatic heterocycles. The van der Waals surface area contributed by atoms with Crippen LogP contribution in [0.4, 0.5) is 4.79 Å². The number of rotatable bonds is 15. The van der Waals surface area contributed by atoms with Crippen LogP contribution in [-0.2, 0) is 47.3 Å². The summed E-state index contributed by atoms with van der Waals surface area (Å²) in [6.45, 7) is 23.0. The second-order valence-electron chi connectivity index (χ2n) is 26.3. The van der Waals surface area contributed by atoms with Gasteiger partial charge in [-0.2, -0.15) is 11.8 Å². The molecule has 39 heteroatoms. The van der Waals surface area contributed by atoms with Crippen molar-refractivity contribution in [3.8, 4) is 28.7 Å². The maximum atomic E-state index is 12.3.